The number of hydrogen-bond acceptors (Lipinski definition) is 7. The average molecular weight is 645 g/mol. The SMILES string of the molecule is Cl.Cl.[2H]C([2H])([2H])S(=O)C([2H])([2H])C([2H])([2H])NCc1ccc(-c2ccc3ncnc(Nc4ccc(OCc5cccc(F)c5)c(Cl)c4)c3c2)o1. The summed E-state index contributed by atoms with van der Waals surface area (Å²) in [6.07, 6.45) is -1.79. The van der Waals surface area contributed by atoms with Crippen LogP contribution in [0.2, 0.25) is 5.02 Å². The number of nitrogens with one attached hydrogen (secondary N) is 2. The van der Waals surface area contributed by atoms with Crippen LogP contribution in [0.15, 0.2) is 83.5 Å². The first-order valence-corrected chi connectivity index (χ1v) is 13.1. The van der Waals surface area contributed by atoms with Crippen LogP contribution in [0.25, 0.3) is 22.2 Å². The molecule has 0 aliphatic rings. The summed E-state index contributed by atoms with van der Waals surface area (Å²) in [7, 11) is -3.12. The van der Waals surface area contributed by atoms with Crippen molar-refractivity contribution >= 4 is 69.6 Å². The standard InChI is InChI=1S/C29H26ClFN4O3S.2ClH/c1-39(36)12-11-32-16-23-7-10-27(38-23)20-5-8-26-24(14-20)29(34-18-33-26)35-22-6-9-28(25(30)15-22)37-17-19-3-2-4-21(31)13-19;;/h2-10,13-15,18,32H,11-12,16-17H2,1H3,(H,33,34,35);2*1H/i1D3,11D2,12D2;;. The normalized spacial score (nSPS) is 14.9. The van der Waals surface area contributed by atoms with E-state index in [4.69, 9.17) is 30.4 Å². The van der Waals surface area contributed by atoms with E-state index < -0.39 is 29.2 Å². The van der Waals surface area contributed by atoms with Gasteiger partial charge >= 0.3 is 0 Å². The summed E-state index contributed by atoms with van der Waals surface area (Å²) < 4.78 is 90.6. The Morgan fingerprint density at radius 2 is 1.98 bits per heavy atom. The van der Waals surface area contributed by atoms with Crippen molar-refractivity contribution in [2.24, 2.45) is 0 Å². The van der Waals surface area contributed by atoms with E-state index in [9.17, 15) is 8.60 Å². The molecule has 0 fully saturated rings. The van der Waals surface area contributed by atoms with Gasteiger partial charge in [0.2, 0.25) is 0 Å². The smallest absolute Gasteiger partial charge is 0.141 e. The first-order chi connectivity index (χ1) is 21.6. The fourth-order valence-electron chi connectivity index (χ4n) is 3.77. The lowest BCUT2D eigenvalue weighted by Crippen LogP contribution is -2.19. The highest BCUT2D eigenvalue weighted by Gasteiger charge is 2.11. The van der Waals surface area contributed by atoms with Crippen LogP contribution < -0.4 is 15.4 Å². The molecule has 12 heteroatoms. The number of hydrogen-bond donors (Lipinski definition) is 2. The van der Waals surface area contributed by atoms with Crippen LogP contribution >= 0.6 is 36.4 Å². The van der Waals surface area contributed by atoms with Crippen LogP contribution in [0.4, 0.5) is 15.9 Å². The lowest BCUT2D eigenvalue weighted by atomic mass is 10.1. The molecule has 0 aliphatic heterocycles. The Bertz CT molecular complexity index is 1920. The van der Waals surface area contributed by atoms with Crippen LogP contribution in [0, 0.1) is 5.82 Å². The third-order valence-corrected chi connectivity index (χ3v) is 6.14. The van der Waals surface area contributed by atoms with Crippen molar-refractivity contribution in [3.63, 3.8) is 0 Å². The van der Waals surface area contributed by atoms with Gasteiger partial charge in [0.05, 0.1) is 17.1 Å². The zero-order chi connectivity index (χ0) is 33.3. The fourth-order valence-corrected chi connectivity index (χ4v) is 4.17. The quantitative estimate of drug-likeness (QED) is 0.156. The molecule has 216 valence electrons. The number of anilines is 2. The summed E-state index contributed by atoms with van der Waals surface area (Å²) in [6, 6.07) is 19.7. The maximum Gasteiger partial charge on any atom is 0.141 e. The van der Waals surface area contributed by atoms with Crippen LogP contribution in [0.5, 0.6) is 5.75 Å². The van der Waals surface area contributed by atoms with E-state index in [0.717, 1.165) is 0 Å². The number of furan rings is 1. The highest BCUT2D eigenvalue weighted by atomic mass is 35.5. The Balaban J connectivity index is 0.00000312. The minimum absolute atomic E-state index is 0. The Morgan fingerprint density at radius 3 is 2.78 bits per heavy atom. The fraction of sp³-hybridized carbons (Fsp3) is 0.172. The van der Waals surface area contributed by atoms with Crippen LogP contribution in [-0.4, -0.2) is 32.6 Å². The van der Waals surface area contributed by atoms with E-state index in [-0.39, 0.29) is 49.5 Å². The molecule has 0 saturated heterocycles. The van der Waals surface area contributed by atoms with Gasteiger partial charge in [0.25, 0.3) is 0 Å². The molecule has 5 rings (SSSR count). The lowest BCUT2D eigenvalue weighted by Gasteiger charge is -2.12. The molecule has 7 nitrogen and oxygen atoms in total. The highest BCUT2D eigenvalue weighted by Crippen LogP contribution is 2.32. The largest absolute Gasteiger partial charge is 0.487 e. The summed E-state index contributed by atoms with van der Waals surface area (Å²) in [5.41, 5.74) is -0.663. The van der Waals surface area contributed by atoms with E-state index in [1.165, 1.54) is 18.5 Å². The number of rotatable bonds is 11. The molecule has 0 amide bonds. The second-order valence-corrected chi connectivity index (χ2v) is 9.41. The molecule has 0 saturated carbocycles. The molecule has 2 aromatic heterocycles. The van der Waals surface area contributed by atoms with Gasteiger partial charge in [-0.3, -0.25) is 4.21 Å². The van der Waals surface area contributed by atoms with Gasteiger partial charge in [0.1, 0.15) is 41.8 Å². The van der Waals surface area contributed by atoms with Crippen molar-refractivity contribution in [2.45, 2.75) is 13.2 Å². The molecule has 0 aliphatic carbocycles. The van der Waals surface area contributed by atoms with Crippen LogP contribution in [-0.2, 0) is 24.0 Å². The first-order valence-electron chi connectivity index (χ1n) is 15.1. The minimum atomic E-state index is -3.21. The minimum Gasteiger partial charge on any atom is -0.487 e. The molecular formula is C29H28Cl3FN4O3S. The molecule has 41 heavy (non-hydrogen) atoms. The summed E-state index contributed by atoms with van der Waals surface area (Å²) in [6.45, 7) is -3.12. The maximum atomic E-state index is 13.5. The van der Waals surface area contributed by atoms with Gasteiger partial charge in [-0.2, -0.15) is 0 Å². The molecule has 3 aromatic carbocycles. The van der Waals surface area contributed by atoms with Gasteiger partial charge in [0.15, 0.2) is 0 Å². The topological polar surface area (TPSA) is 89.3 Å². The number of benzene rings is 3. The second-order valence-electron chi connectivity index (χ2n) is 8.26. The molecule has 5 aromatic rings. The van der Waals surface area contributed by atoms with E-state index in [2.05, 4.69) is 20.6 Å². The van der Waals surface area contributed by atoms with Gasteiger partial charge in [-0.15, -0.1) is 24.8 Å². The Hall–Kier alpha value is -3.21. The molecule has 0 bridgehead atoms. The van der Waals surface area contributed by atoms with Crippen LogP contribution in [0.1, 0.15) is 20.9 Å². The number of halogens is 4. The zero-order valence-corrected chi connectivity index (χ0v) is 24.2. The summed E-state index contributed by atoms with van der Waals surface area (Å²) in [5.74, 6) is 1.18. The summed E-state index contributed by atoms with van der Waals surface area (Å²) in [5, 5.41) is 6.49. The zero-order valence-electron chi connectivity index (χ0n) is 28.0. The van der Waals surface area contributed by atoms with Crippen molar-refractivity contribution in [3.05, 3.63) is 101 Å². The highest BCUT2D eigenvalue weighted by molar-refractivity contribution is 7.84. The molecule has 0 radical (unpaired) electrons. The van der Waals surface area contributed by atoms with E-state index in [1.807, 2.05) is 0 Å². The van der Waals surface area contributed by atoms with Crippen molar-refractivity contribution in [1.29, 1.82) is 0 Å². The first kappa shape index (κ1) is 23.4. The molecule has 2 heterocycles. The van der Waals surface area contributed by atoms with E-state index in [1.54, 1.807) is 60.7 Å². The van der Waals surface area contributed by atoms with Gasteiger partial charge in [-0.1, -0.05) is 23.7 Å². The number of ether oxygens (including phenoxy) is 1. The van der Waals surface area contributed by atoms with Crippen molar-refractivity contribution in [2.75, 3.05) is 23.7 Å². The third kappa shape index (κ3) is 8.64. The number of fused-ring (bicyclic) bond motifs is 1. The number of aromatic nitrogens is 2. The second kappa shape index (κ2) is 15.1. The predicted octanol–water partition coefficient (Wildman–Crippen LogP) is 7.32. The van der Waals surface area contributed by atoms with E-state index >= 15 is 0 Å². The Morgan fingerprint density at radius 1 is 1.10 bits per heavy atom. The average Bonchev–Trinajstić information content (AvgIpc) is 3.48. The maximum absolute atomic E-state index is 13.5. The van der Waals surface area contributed by atoms with Crippen molar-refractivity contribution in [1.82, 2.24) is 15.3 Å². The van der Waals surface area contributed by atoms with Crippen LogP contribution in [0.3, 0.4) is 0 Å². The molecular weight excluding hydrogens is 610 g/mol. The molecule has 0 spiro atoms. The summed E-state index contributed by atoms with van der Waals surface area (Å²) in [4.78, 5) is 8.69. The van der Waals surface area contributed by atoms with E-state index in [0.29, 0.717) is 50.1 Å². The van der Waals surface area contributed by atoms with Gasteiger partial charge in [-0.25, -0.2) is 14.4 Å². The van der Waals surface area contributed by atoms with Gasteiger partial charge in [-0.05, 0) is 66.2 Å². The molecule has 2 N–H and O–H groups in total. The summed E-state index contributed by atoms with van der Waals surface area (Å²) >= 11 is 6.46. The molecule has 1 atom stereocenters. The third-order valence-electron chi connectivity index (χ3n) is 5.55. The monoisotopic (exact) mass is 643 g/mol. The Kier molecular flexibility index (Phi) is 8.63. The van der Waals surface area contributed by atoms with Gasteiger partial charge in [0, 0.05) is 55.4 Å². The van der Waals surface area contributed by atoms with Crippen molar-refractivity contribution in [3.8, 4) is 17.1 Å². The van der Waals surface area contributed by atoms with Gasteiger partial charge < -0.3 is 19.8 Å². The Labute approximate surface area is 267 Å². The predicted molar refractivity (Wildman–Crippen MR) is 168 cm³/mol. The lowest BCUT2D eigenvalue weighted by molar-refractivity contribution is 0.306. The number of nitrogens with zero attached hydrogens (tertiary/aromatic N) is 2. The van der Waals surface area contributed by atoms with Crippen molar-refractivity contribution < 1.29 is 27.3 Å². The molecule has 1 unspecified atom stereocenters.